The number of hydrogen-bond donors (Lipinski definition) is 5. The fourth-order valence-electron chi connectivity index (χ4n) is 5.01. The molecule has 0 bridgehead atoms. The number of halogens is 1. The summed E-state index contributed by atoms with van der Waals surface area (Å²) in [5, 5.41) is 22.0. The molecule has 0 unspecified atom stereocenters. The van der Waals surface area contributed by atoms with Crippen LogP contribution in [-0.4, -0.2) is 59.1 Å². The van der Waals surface area contributed by atoms with E-state index in [1.54, 1.807) is 6.92 Å². The molecule has 1 aliphatic heterocycles. The molecule has 4 amide bonds. The van der Waals surface area contributed by atoms with Crippen LogP contribution in [0.25, 0.3) is 0 Å². The number of aliphatic hydroxyl groups excluding tert-OH is 1. The van der Waals surface area contributed by atoms with Gasteiger partial charge in [-0.3, -0.25) is 19.2 Å². The number of aryl methyl sites for hydroxylation is 1. The summed E-state index contributed by atoms with van der Waals surface area (Å²) in [6.45, 7) is 5.58. The predicted molar refractivity (Wildman–Crippen MR) is 143 cm³/mol. The molecule has 4 atom stereocenters. The number of hydrogen-bond acceptors (Lipinski definition) is 7. The number of nitrogens with two attached hydrogens (primary N) is 1. The van der Waals surface area contributed by atoms with Gasteiger partial charge in [-0.25, -0.2) is 4.39 Å². The minimum absolute atomic E-state index is 0.0156. The highest BCUT2D eigenvalue weighted by molar-refractivity contribution is 5.96. The first-order chi connectivity index (χ1) is 19.0. The van der Waals surface area contributed by atoms with Gasteiger partial charge in [-0.05, 0) is 62.6 Å². The topological polar surface area (TPSA) is 177 Å². The van der Waals surface area contributed by atoms with Crippen LogP contribution < -0.4 is 21.7 Å². The van der Waals surface area contributed by atoms with Crippen molar-refractivity contribution in [3.05, 3.63) is 52.7 Å². The monoisotopic (exact) mass is 559 g/mol. The van der Waals surface area contributed by atoms with E-state index < -0.39 is 41.5 Å². The second kappa shape index (κ2) is 14.0. The molecule has 12 heteroatoms. The van der Waals surface area contributed by atoms with Gasteiger partial charge in [-0.2, -0.15) is 0 Å². The largest absolute Gasteiger partial charge is 0.394 e. The average molecular weight is 560 g/mol. The van der Waals surface area contributed by atoms with Crippen molar-refractivity contribution in [1.29, 1.82) is 0 Å². The summed E-state index contributed by atoms with van der Waals surface area (Å²) in [4.78, 5) is 51.4. The van der Waals surface area contributed by atoms with Gasteiger partial charge in [-0.15, -0.1) is 0 Å². The van der Waals surface area contributed by atoms with Crippen molar-refractivity contribution in [3.63, 3.8) is 0 Å². The maximum absolute atomic E-state index is 13.8. The Morgan fingerprint density at radius 1 is 1.20 bits per heavy atom. The Morgan fingerprint density at radius 3 is 2.50 bits per heavy atom. The van der Waals surface area contributed by atoms with Gasteiger partial charge in [0.1, 0.15) is 17.6 Å². The van der Waals surface area contributed by atoms with Crippen LogP contribution in [0.4, 0.5) is 4.39 Å². The number of benzene rings is 1. The van der Waals surface area contributed by atoms with Gasteiger partial charge in [0, 0.05) is 18.0 Å². The summed E-state index contributed by atoms with van der Waals surface area (Å²) in [5.74, 6) is -3.63. The molecule has 1 aliphatic rings. The number of nitrogens with zero attached hydrogens (tertiary/aromatic N) is 1. The third-order valence-corrected chi connectivity index (χ3v) is 7.03. The molecule has 1 aromatic carbocycles. The molecular formula is C28H38FN5O6. The second-order valence-corrected chi connectivity index (χ2v) is 10.7. The van der Waals surface area contributed by atoms with E-state index in [-0.39, 0.29) is 60.6 Å². The van der Waals surface area contributed by atoms with Crippen molar-refractivity contribution >= 4 is 23.6 Å². The SMILES string of the molecule is Cc1onc(C(N)=O)c1[C@H](Cc1ccc(F)cc1)C(=O)N[C@@H](CC(C)C)C(=O)N[C@H](CO)C[C@@H]1CCCNC1=O. The lowest BCUT2D eigenvalue weighted by Crippen LogP contribution is -2.53. The van der Waals surface area contributed by atoms with Crippen LogP contribution in [0.15, 0.2) is 28.8 Å². The van der Waals surface area contributed by atoms with Gasteiger partial charge < -0.3 is 31.3 Å². The number of rotatable bonds is 13. The van der Waals surface area contributed by atoms with E-state index in [9.17, 15) is 28.7 Å². The molecule has 6 N–H and O–H groups in total. The fraction of sp³-hybridized carbons (Fsp3) is 0.536. The van der Waals surface area contributed by atoms with Crippen LogP contribution in [0.5, 0.6) is 0 Å². The number of primary amides is 1. The molecule has 218 valence electrons. The number of carbonyl (C=O) groups excluding carboxylic acids is 4. The van der Waals surface area contributed by atoms with Gasteiger partial charge >= 0.3 is 0 Å². The molecule has 11 nitrogen and oxygen atoms in total. The lowest BCUT2D eigenvalue weighted by Gasteiger charge is -2.28. The molecule has 0 spiro atoms. The van der Waals surface area contributed by atoms with E-state index in [0.29, 0.717) is 18.5 Å². The van der Waals surface area contributed by atoms with E-state index in [1.807, 2.05) is 13.8 Å². The number of aromatic nitrogens is 1. The van der Waals surface area contributed by atoms with Crippen molar-refractivity contribution in [2.75, 3.05) is 13.2 Å². The third kappa shape index (κ3) is 8.10. The standard InChI is InChI=1S/C28H38FN5O6/c1-15(2)11-22(28(39)32-20(14-35)13-18-5-4-10-31-26(18)37)33-27(38)21(12-17-6-8-19(29)9-7-17)23-16(3)40-34-24(23)25(30)36/h6-9,15,18,20-22,35H,4-5,10-14H2,1-3H3,(H2,30,36)(H,31,37)(H,32,39)(H,33,38)/t18-,20-,21-,22-/m0/s1. The molecule has 40 heavy (non-hydrogen) atoms. The molecule has 0 radical (unpaired) electrons. The minimum atomic E-state index is -1.03. The van der Waals surface area contributed by atoms with Crippen LogP contribution in [0.2, 0.25) is 0 Å². The normalized spacial score (nSPS) is 17.6. The van der Waals surface area contributed by atoms with Gasteiger partial charge in [0.05, 0.1) is 18.6 Å². The summed E-state index contributed by atoms with van der Waals surface area (Å²) in [7, 11) is 0. The summed E-state index contributed by atoms with van der Waals surface area (Å²) in [6.07, 6.45) is 2.09. The van der Waals surface area contributed by atoms with Gasteiger partial charge in [0.2, 0.25) is 17.7 Å². The van der Waals surface area contributed by atoms with E-state index >= 15 is 0 Å². The molecule has 3 rings (SSSR count). The molecule has 0 saturated carbocycles. The Morgan fingerprint density at radius 2 is 1.90 bits per heavy atom. The van der Waals surface area contributed by atoms with Crippen LogP contribution >= 0.6 is 0 Å². The fourth-order valence-corrected chi connectivity index (χ4v) is 5.01. The Balaban J connectivity index is 1.84. The van der Waals surface area contributed by atoms with E-state index in [4.69, 9.17) is 10.3 Å². The van der Waals surface area contributed by atoms with Crippen LogP contribution in [0.3, 0.4) is 0 Å². The highest BCUT2D eigenvalue weighted by atomic mass is 19.1. The molecule has 1 fully saturated rings. The van der Waals surface area contributed by atoms with E-state index in [2.05, 4.69) is 21.1 Å². The van der Waals surface area contributed by atoms with Crippen molar-refractivity contribution in [3.8, 4) is 0 Å². The summed E-state index contributed by atoms with van der Waals surface area (Å²) in [6, 6.07) is 3.91. The average Bonchev–Trinajstić information content (AvgIpc) is 3.29. The Labute approximate surface area is 232 Å². The Hall–Kier alpha value is -3.80. The molecule has 2 heterocycles. The zero-order valence-corrected chi connectivity index (χ0v) is 23.0. The Bertz CT molecular complexity index is 1200. The van der Waals surface area contributed by atoms with Gasteiger partial charge in [0.25, 0.3) is 5.91 Å². The number of piperidine rings is 1. The molecule has 0 aliphatic carbocycles. The first-order valence-corrected chi connectivity index (χ1v) is 13.5. The first-order valence-electron chi connectivity index (χ1n) is 13.5. The summed E-state index contributed by atoms with van der Waals surface area (Å²) >= 11 is 0. The third-order valence-electron chi connectivity index (χ3n) is 7.03. The zero-order valence-electron chi connectivity index (χ0n) is 23.0. The zero-order chi connectivity index (χ0) is 29.4. The number of aliphatic hydroxyl groups is 1. The highest BCUT2D eigenvalue weighted by Gasteiger charge is 2.34. The number of carbonyl (C=O) groups is 4. The van der Waals surface area contributed by atoms with E-state index in [1.165, 1.54) is 24.3 Å². The van der Waals surface area contributed by atoms with Crippen molar-refractivity contribution < 1.29 is 33.2 Å². The summed E-state index contributed by atoms with van der Waals surface area (Å²) in [5.41, 5.74) is 6.09. The Kier molecular flexibility index (Phi) is 10.8. The maximum atomic E-state index is 13.8. The minimum Gasteiger partial charge on any atom is -0.394 e. The smallest absolute Gasteiger partial charge is 0.271 e. The first kappa shape index (κ1) is 30.7. The second-order valence-electron chi connectivity index (χ2n) is 10.7. The van der Waals surface area contributed by atoms with Crippen molar-refractivity contribution in [1.82, 2.24) is 21.1 Å². The molecule has 1 saturated heterocycles. The quantitative estimate of drug-likeness (QED) is 0.247. The van der Waals surface area contributed by atoms with Gasteiger partial charge in [-0.1, -0.05) is 31.1 Å². The van der Waals surface area contributed by atoms with Crippen molar-refractivity contribution in [2.24, 2.45) is 17.6 Å². The molecule has 2 aromatic rings. The number of nitrogens with one attached hydrogen (secondary N) is 3. The van der Waals surface area contributed by atoms with Gasteiger partial charge in [0.15, 0.2) is 5.69 Å². The summed E-state index contributed by atoms with van der Waals surface area (Å²) < 4.78 is 18.7. The molecule has 1 aromatic heterocycles. The van der Waals surface area contributed by atoms with Crippen molar-refractivity contribution in [2.45, 2.75) is 70.9 Å². The van der Waals surface area contributed by atoms with Crippen LogP contribution in [-0.2, 0) is 20.8 Å². The van der Waals surface area contributed by atoms with E-state index in [0.717, 1.165) is 6.42 Å². The van der Waals surface area contributed by atoms with Crippen LogP contribution in [0, 0.1) is 24.6 Å². The maximum Gasteiger partial charge on any atom is 0.271 e. The number of amides is 4. The van der Waals surface area contributed by atoms with Crippen LogP contribution in [0.1, 0.15) is 72.8 Å². The highest BCUT2D eigenvalue weighted by Crippen LogP contribution is 2.28. The lowest BCUT2D eigenvalue weighted by atomic mass is 9.88. The lowest BCUT2D eigenvalue weighted by molar-refractivity contribution is -0.131. The molecular weight excluding hydrogens is 521 g/mol. The predicted octanol–water partition coefficient (Wildman–Crippen LogP) is 1.47.